The monoisotopic (exact) mass is 590 g/mol. The van der Waals surface area contributed by atoms with Crippen molar-refractivity contribution in [2.45, 2.75) is 19.0 Å². The van der Waals surface area contributed by atoms with E-state index in [1.165, 1.54) is 20.9 Å². The van der Waals surface area contributed by atoms with Crippen LogP contribution in [0, 0.1) is 0 Å². The van der Waals surface area contributed by atoms with Gasteiger partial charge in [-0.1, -0.05) is 12.1 Å². The summed E-state index contributed by atoms with van der Waals surface area (Å²) in [4.78, 5) is 46.2. The Balaban J connectivity index is 0.000000304. The van der Waals surface area contributed by atoms with Gasteiger partial charge in [-0.15, -0.1) is 11.3 Å². The highest BCUT2D eigenvalue weighted by atomic mass is 32.1. The van der Waals surface area contributed by atoms with Gasteiger partial charge in [0.05, 0.1) is 20.3 Å². The van der Waals surface area contributed by atoms with Crippen LogP contribution in [-0.4, -0.2) is 101 Å². The van der Waals surface area contributed by atoms with Crippen molar-refractivity contribution < 1.29 is 49.1 Å². The summed E-state index contributed by atoms with van der Waals surface area (Å²) >= 11 is 1.99. The van der Waals surface area contributed by atoms with Crippen molar-refractivity contribution >= 4 is 35.2 Å². The number of hydrogen-bond donors (Lipinski definition) is 4. The summed E-state index contributed by atoms with van der Waals surface area (Å²) in [5.74, 6) is -3.65. The van der Waals surface area contributed by atoms with Gasteiger partial charge in [0, 0.05) is 72.7 Å². The standard InChI is InChI=1S/C20H26N2O2S.2C4H4O4/c1-21-13-19(15-3-5-16(23-2)6-4-15)18-11-17(25-20(18)14-21)12-22-7-9-24-10-8-22;2*5-3(6)1-2-4(7)8/h3-6,11,19H,7-10,12-14H2,1-2H3;2*1-2H,(H,5,6)(H,7,8). The van der Waals surface area contributed by atoms with Gasteiger partial charge in [0.15, 0.2) is 0 Å². The van der Waals surface area contributed by atoms with Gasteiger partial charge in [0.1, 0.15) is 5.75 Å². The molecule has 4 N–H and O–H groups in total. The highest BCUT2D eigenvalue weighted by molar-refractivity contribution is 7.12. The van der Waals surface area contributed by atoms with E-state index < -0.39 is 23.9 Å². The van der Waals surface area contributed by atoms with Crippen LogP contribution < -0.4 is 4.74 Å². The molecule has 0 amide bonds. The highest BCUT2D eigenvalue weighted by Crippen LogP contribution is 2.38. The number of ether oxygens (including phenoxy) is 2. The van der Waals surface area contributed by atoms with Gasteiger partial charge >= 0.3 is 23.9 Å². The minimum atomic E-state index is -1.26. The summed E-state index contributed by atoms with van der Waals surface area (Å²) in [6.07, 6.45) is 2.23. The number of morpholine rings is 1. The maximum Gasteiger partial charge on any atom is 0.328 e. The lowest BCUT2D eigenvalue weighted by atomic mass is 9.88. The smallest absolute Gasteiger partial charge is 0.328 e. The first kappa shape index (κ1) is 33.2. The quantitative estimate of drug-likeness (QED) is 0.331. The van der Waals surface area contributed by atoms with E-state index in [2.05, 4.69) is 47.2 Å². The Morgan fingerprint density at radius 3 is 1.90 bits per heavy atom. The molecule has 0 radical (unpaired) electrons. The van der Waals surface area contributed by atoms with Crippen molar-refractivity contribution in [2.75, 3.05) is 47.0 Å². The molecule has 1 atom stereocenters. The van der Waals surface area contributed by atoms with Crippen LogP contribution in [0.15, 0.2) is 54.6 Å². The summed E-state index contributed by atoms with van der Waals surface area (Å²) in [6, 6.07) is 11.0. The Labute approximate surface area is 241 Å². The number of hydrogen-bond acceptors (Lipinski definition) is 9. The molecule has 1 unspecified atom stereocenters. The van der Waals surface area contributed by atoms with E-state index in [0.717, 1.165) is 51.7 Å². The second-order valence-corrected chi connectivity index (χ2v) is 10.2. The number of carboxylic acids is 4. The summed E-state index contributed by atoms with van der Waals surface area (Å²) in [5.41, 5.74) is 2.90. The van der Waals surface area contributed by atoms with E-state index in [1.807, 2.05) is 11.3 Å². The van der Waals surface area contributed by atoms with Crippen LogP contribution in [0.4, 0.5) is 0 Å². The average molecular weight is 591 g/mol. The van der Waals surface area contributed by atoms with Gasteiger partial charge < -0.3 is 34.8 Å². The number of methoxy groups -OCH3 is 1. The van der Waals surface area contributed by atoms with E-state index in [0.29, 0.717) is 30.2 Å². The van der Waals surface area contributed by atoms with E-state index in [1.54, 1.807) is 7.11 Å². The molecule has 1 aromatic heterocycles. The predicted octanol–water partition coefficient (Wildman–Crippen LogP) is 2.59. The topological polar surface area (TPSA) is 174 Å². The van der Waals surface area contributed by atoms with E-state index in [4.69, 9.17) is 29.9 Å². The molecule has 12 nitrogen and oxygen atoms in total. The molecule has 4 rings (SSSR count). The Bertz CT molecular complexity index is 1170. The van der Waals surface area contributed by atoms with Crippen LogP contribution in [-0.2, 0) is 37.0 Å². The third-order valence-corrected chi connectivity index (χ3v) is 7.03. The molecule has 0 bridgehead atoms. The van der Waals surface area contributed by atoms with Crippen molar-refractivity contribution in [1.82, 2.24) is 9.80 Å². The van der Waals surface area contributed by atoms with Gasteiger partial charge in [-0.2, -0.15) is 0 Å². The molecule has 1 fully saturated rings. The molecular formula is C28H34N2O10S. The van der Waals surface area contributed by atoms with Gasteiger partial charge in [0.25, 0.3) is 0 Å². The van der Waals surface area contributed by atoms with Crippen LogP contribution in [0.3, 0.4) is 0 Å². The summed E-state index contributed by atoms with van der Waals surface area (Å²) in [6.45, 7) is 7.02. The minimum absolute atomic E-state index is 0.453. The largest absolute Gasteiger partial charge is 0.497 e. The SMILES string of the molecule is COc1ccc(C2CN(C)Cc3sc(CN4CCOCC4)cc32)cc1.O=C(O)C=CC(=O)O.O=C(O)C=CC(=O)O. The molecule has 3 heterocycles. The second-order valence-electron chi connectivity index (χ2n) is 9.02. The maximum atomic E-state index is 9.55. The Kier molecular flexibility index (Phi) is 13.7. The first-order valence-electron chi connectivity index (χ1n) is 12.5. The molecule has 2 aliphatic heterocycles. The fourth-order valence-corrected chi connectivity index (χ4v) is 5.46. The molecule has 13 heteroatoms. The molecule has 0 spiro atoms. The second kappa shape index (κ2) is 16.9. The first-order chi connectivity index (χ1) is 19.5. The van der Waals surface area contributed by atoms with E-state index >= 15 is 0 Å². The summed E-state index contributed by atoms with van der Waals surface area (Å²) < 4.78 is 10.8. The van der Waals surface area contributed by atoms with Gasteiger partial charge in [-0.25, -0.2) is 19.2 Å². The Hall–Kier alpha value is -4.04. The fraction of sp³-hybridized carbons (Fsp3) is 0.357. The number of benzene rings is 1. The van der Waals surface area contributed by atoms with Gasteiger partial charge in [-0.3, -0.25) is 4.90 Å². The van der Waals surface area contributed by atoms with Crippen LogP contribution in [0.5, 0.6) is 5.75 Å². The number of likely N-dealkylation sites (N-methyl/N-ethyl adjacent to an activating group) is 1. The van der Waals surface area contributed by atoms with Crippen molar-refractivity contribution in [3.63, 3.8) is 0 Å². The van der Waals surface area contributed by atoms with Crippen LogP contribution >= 0.6 is 11.3 Å². The lowest BCUT2D eigenvalue weighted by molar-refractivity contribution is -0.134. The Morgan fingerprint density at radius 2 is 1.44 bits per heavy atom. The number of carboxylic acid groups (broad SMARTS) is 4. The summed E-state index contributed by atoms with van der Waals surface area (Å²) in [7, 11) is 3.94. The van der Waals surface area contributed by atoms with Crippen molar-refractivity contribution in [2.24, 2.45) is 0 Å². The molecule has 2 aliphatic rings. The molecule has 0 saturated carbocycles. The number of fused-ring (bicyclic) bond motifs is 1. The highest BCUT2D eigenvalue weighted by Gasteiger charge is 2.27. The number of aliphatic carboxylic acids is 4. The third-order valence-electron chi connectivity index (χ3n) is 5.91. The lowest BCUT2D eigenvalue weighted by Crippen LogP contribution is -2.35. The zero-order valence-corrected chi connectivity index (χ0v) is 23.6. The number of carbonyl (C=O) groups is 4. The number of thiophene rings is 1. The average Bonchev–Trinajstić information content (AvgIpc) is 3.33. The van der Waals surface area contributed by atoms with Crippen LogP contribution in [0.25, 0.3) is 0 Å². The fourth-order valence-electron chi connectivity index (χ4n) is 4.10. The molecular weight excluding hydrogens is 556 g/mol. The molecule has 1 saturated heterocycles. The van der Waals surface area contributed by atoms with Crippen molar-refractivity contribution in [3.05, 3.63) is 75.5 Å². The summed E-state index contributed by atoms with van der Waals surface area (Å²) in [5, 5.41) is 31.2. The normalized spacial score (nSPS) is 17.1. The predicted molar refractivity (Wildman–Crippen MR) is 150 cm³/mol. The molecule has 0 aliphatic carbocycles. The molecule has 41 heavy (non-hydrogen) atoms. The van der Waals surface area contributed by atoms with E-state index in [-0.39, 0.29) is 0 Å². The zero-order chi connectivity index (χ0) is 30.4. The number of nitrogens with zero attached hydrogens (tertiary/aromatic N) is 2. The van der Waals surface area contributed by atoms with Crippen LogP contribution in [0.1, 0.15) is 26.8 Å². The third kappa shape index (κ3) is 12.3. The van der Waals surface area contributed by atoms with Crippen molar-refractivity contribution in [1.29, 1.82) is 0 Å². The maximum absolute atomic E-state index is 9.55. The van der Waals surface area contributed by atoms with E-state index in [9.17, 15) is 19.2 Å². The molecule has 222 valence electrons. The molecule has 1 aromatic carbocycles. The number of rotatable bonds is 8. The minimum Gasteiger partial charge on any atom is -0.497 e. The molecule has 2 aromatic rings. The van der Waals surface area contributed by atoms with Gasteiger partial charge in [-0.05, 0) is 36.4 Å². The van der Waals surface area contributed by atoms with Gasteiger partial charge in [0.2, 0.25) is 0 Å². The van der Waals surface area contributed by atoms with Crippen LogP contribution in [0.2, 0.25) is 0 Å². The Morgan fingerprint density at radius 1 is 0.927 bits per heavy atom. The first-order valence-corrected chi connectivity index (χ1v) is 13.3. The van der Waals surface area contributed by atoms with Crippen molar-refractivity contribution in [3.8, 4) is 5.75 Å². The zero-order valence-electron chi connectivity index (χ0n) is 22.8. The lowest BCUT2D eigenvalue weighted by Gasteiger charge is -2.30.